The van der Waals surface area contributed by atoms with E-state index in [9.17, 15) is 4.39 Å². The van der Waals surface area contributed by atoms with Gasteiger partial charge in [-0.15, -0.1) is 0 Å². The number of rotatable bonds is 5. The average Bonchev–Trinajstić information content (AvgIpc) is 2.83. The van der Waals surface area contributed by atoms with Crippen LogP contribution in [0.4, 0.5) is 4.39 Å². The first-order chi connectivity index (χ1) is 8.31. The van der Waals surface area contributed by atoms with Crippen molar-refractivity contribution in [3.8, 4) is 0 Å². The van der Waals surface area contributed by atoms with Gasteiger partial charge in [-0.3, -0.25) is 0 Å². The smallest absolute Gasteiger partial charge is 0.123 e. The van der Waals surface area contributed by atoms with Crippen LogP contribution in [0.15, 0.2) is 35.9 Å². The minimum absolute atomic E-state index is 0.149. The minimum Gasteiger partial charge on any atom is -0.307 e. The zero-order chi connectivity index (χ0) is 12.1. The summed E-state index contributed by atoms with van der Waals surface area (Å²) in [6.07, 6.45) is 6.93. The first-order valence-electron chi connectivity index (χ1n) is 6.49. The van der Waals surface area contributed by atoms with Crippen molar-refractivity contribution in [3.05, 3.63) is 47.3 Å². The molecule has 0 aliphatic heterocycles. The van der Waals surface area contributed by atoms with E-state index in [1.165, 1.54) is 18.1 Å². The molecule has 1 aromatic carbocycles. The lowest BCUT2D eigenvalue weighted by Crippen LogP contribution is -2.23. The number of hydrogen-bond acceptors (Lipinski definition) is 1. The molecule has 2 rings (SSSR count). The van der Waals surface area contributed by atoms with E-state index in [0.717, 1.165) is 31.4 Å². The summed E-state index contributed by atoms with van der Waals surface area (Å²) in [6.45, 7) is 3.12. The summed E-state index contributed by atoms with van der Waals surface area (Å²) < 4.78 is 13.3. The number of nitrogens with one attached hydrogen (secondary N) is 1. The number of hydrogen-bond donors (Lipinski definition) is 1. The highest BCUT2D eigenvalue weighted by molar-refractivity contribution is 5.30. The van der Waals surface area contributed by atoms with Gasteiger partial charge >= 0.3 is 0 Å². The Balaban J connectivity index is 2.19. The Bertz CT molecular complexity index is 398. The molecule has 0 amide bonds. The summed E-state index contributed by atoms with van der Waals surface area (Å²) in [6, 6.07) is 7.15. The van der Waals surface area contributed by atoms with Gasteiger partial charge in [-0.1, -0.05) is 30.7 Å². The molecule has 0 saturated carbocycles. The van der Waals surface area contributed by atoms with Crippen molar-refractivity contribution in [3.63, 3.8) is 0 Å². The molecule has 92 valence electrons. The molecule has 0 saturated heterocycles. The van der Waals surface area contributed by atoms with Gasteiger partial charge in [0.15, 0.2) is 0 Å². The third-order valence-electron chi connectivity index (χ3n) is 3.23. The van der Waals surface area contributed by atoms with E-state index in [0.29, 0.717) is 0 Å². The lowest BCUT2D eigenvalue weighted by molar-refractivity contribution is 0.569. The second-order valence-corrected chi connectivity index (χ2v) is 4.61. The van der Waals surface area contributed by atoms with Gasteiger partial charge in [0.2, 0.25) is 0 Å². The fraction of sp³-hybridized carbons (Fsp3) is 0.467. The number of halogens is 1. The molecule has 0 bridgehead atoms. The van der Waals surface area contributed by atoms with Crippen molar-refractivity contribution in [2.24, 2.45) is 0 Å². The zero-order valence-corrected chi connectivity index (χ0v) is 10.4. The normalized spacial score (nSPS) is 16.9. The van der Waals surface area contributed by atoms with Crippen LogP contribution in [0.25, 0.3) is 0 Å². The van der Waals surface area contributed by atoms with Gasteiger partial charge < -0.3 is 5.32 Å². The lowest BCUT2D eigenvalue weighted by Gasteiger charge is -2.20. The van der Waals surface area contributed by atoms with Gasteiger partial charge in [-0.25, -0.2) is 4.39 Å². The molecule has 17 heavy (non-hydrogen) atoms. The highest BCUT2D eigenvalue weighted by Gasteiger charge is 2.18. The summed E-state index contributed by atoms with van der Waals surface area (Å²) in [7, 11) is 0. The molecule has 0 radical (unpaired) electrons. The van der Waals surface area contributed by atoms with Gasteiger partial charge in [-0.05, 0) is 49.9 Å². The van der Waals surface area contributed by atoms with E-state index in [1.807, 2.05) is 6.07 Å². The fourth-order valence-electron chi connectivity index (χ4n) is 2.40. The monoisotopic (exact) mass is 233 g/mol. The standard InChI is InChI=1S/C15H20FN/c1-2-10-17-15(12-6-3-4-7-12)13-8-5-9-14(16)11-13/h5-6,8-9,11,15,17H,2-4,7,10H2,1H3. The van der Waals surface area contributed by atoms with E-state index in [4.69, 9.17) is 0 Å². The topological polar surface area (TPSA) is 12.0 Å². The quantitative estimate of drug-likeness (QED) is 0.759. The van der Waals surface area contributed by atoms with Gasteiger partial charge in [-0.2, -0.15) is 0 Å². The van der Waals surface area contributed by atoms with Crippen molar-refractivity contribution in [2.45, 2.75) is 38.6 Å². The summed E-state index contributed by atoms with van der Waals surface area (Å²) in [5.41, 5.74) is 2.47. The van der Waals surface area contributed by atoms with E-state index in [2.05, 4.69) is 18.3 Å². The molecule has 1 unspecified atom stereocenters. The van der Waals surface area contributed by atoms with Crippen LogP contribution in [0.2, 0.25) is 0 Å². The van der Waals surface area contributed by atoms with Crippen LogP contribution in [-0.2, 0) is 0 Å². The van der Waals surface area contributed by atoms with Crippen LogP contribution in [0.5, 0.6) is 0 Å². The summed E-state index contributed by atoms with van der Waals surface area (Å²) in [4.78, 5) is 0. The van der Waals surface area contributed by atoms with E-state index < -0.39 is 0 Å². The van der Waals surface area contributed by atoms with E-state index in [1.54, 1.807) is 12.1 Å². The second kappa shape index (κ2) is 5.97. The molecule has 1 atom stereocenters. The molecule has 0 heterocycles. The Morgan fingerprint density at radius 1 is 1.41 bits per heavy atom. The predicted molar refractivity (Wildman–Crippen MR) is 69.4 cm³/mol. The minimum atomic E-state index is -0.149. The van der Waals surface area contributed by atoms with Crippen LogP contribution in [0.3, 0.4) is 0 Å². The molecule has 1 nitrogen and oxygen atoms in total. The Kier molecular flexibility index (Phi) is 4.32. The molecule has 0 aromatic heterocycles. The molecule has 0 spiro atoms. The Morgan fingerprint density at radius 3 is 2.94 bits per heavy atom. The van der Waals surface area contributed by atoms with E-state index >= 15 is 0 Å². The van der Waals surface area contributed by atoms with Crippen LogP contribution in [-0.4, -0.2) is 6.54 Å². The first-order valence-corrected chi connectivity index (χ1v) is 6.49. The van der Waals surface area contributed by atoms with Crippen LogP contribution < -0.4 is 5.32 Å². The molecular weight excluding hydrogens is 213 g/mol. The Morgan fingerprint density at radius 2 is 2.29 bits per heavy atom. The van der Waals surface area contributed by atoms with Gasteiger partial charge in [0.1, 0.15) is 5.82 Å². The van der Waals surface area contributed by atoms with Crippen LogP contribution >= 0.6 is 0 Å². The van der Waals surface area contributed by atoms with Crippen molar-refractivity contribution < 1.29 is 4.39 Å². The maximum atomic E-state index is 13.3. The molecule has 0 fully saturated rings. The maximum Gasteiger partial charge on any atom is 0.123 e. The Labute approximate surface area is 103 Å². The van der Waals surface area contributed by atoms with Crippen LogP contribution in [0, 0.1) is 5.82 Å². The molecule has 2 heteroatoms. The summed E-state index contributed by atoms with van der Waals surface area (Å²) in [5.74, 6) is -0.149. The predicted octanol–water partition coefficient (Wildman–Crippen LogP) is 3.98. The van der Waals surface area contributed by atoms with Crippen molar-refractivity contribution in [1.82, 2.24) is 5.32 Å². The highest BCUT2D eigenvalue weighted by Crippen LogP contribution is 2.30. The fourth-order valence-corrected chi connectivity index (χ4v) is 2.40. The third-order valence-corrected chi connectivity index (χ3v) is 3.23. The van der Waals surface area contributed by atoms with E-state index in [-0.39, 0.29) is 11.9 Å². The van der Waals surface area contributed by atoms with Crippen molar-refractivity contribution in [2.75, 3.05) is 6.54 Å². The highest BCUT2D eigenvalue weighted by atomic mass is 19.1. The van der Waals surface area contributed by atoms with Gasteiger partial charge in [0.05, 0.1) is 6.04 Å². The number of allylic oxidation sites excluding steroid dienone is 1. The van der Waals surface area contributed by atoms with Crippen molar-refractivity contribution in [1.29, 1.82) is 0 Å². The number of benzene rings is 1. The average molecular weight is 233 g/mol. The zero-order valence-electron chi connectivity index (χ0n) is 10.4. The van der Waals surface area contributed by atoms with Crippen molar-refractivity contribution >= 4 is 0 Å². The van der Waals surface area contributed by atoms with Gasteiger partial charge in [0.25, 0.3) is 0 Å². The molecule has 1 N–H and O–H groups in total. The molecule has 1 aromatic rings. The summed E-state index contributed by atoms with van der Waals surface area (Å²) in [5, 5.41) is 3.52. The third kappa shape index (κ3) is 3.16. The molecule has 1 aliphatic carbocycles. The first kappa shape index (κ1) is 12.3. The lowest BCUT2D eigenvalue weighted by atomic mass is 9.98. The largest absolute Gasteiger partial charge is 0.307 e. The van der Waals surface area contributed by atoms with Crippen LogP contribution in [0.1, 0.15) is 44.2 Å². The molecule has 1 aliphatic rings. The maximum absolute atomic E-state index is 13.3. The Hall–Kier alpha value is -1.15. The molecular formula is C15H20FN. The SMILES string of the molecule is CCCNC(C1=CCCC1)c1cccc(F)c1. The second-order valence-electron chi connectivity index (χ2n) is 4.61. The summed E-state index contributed by atoms with van der Waals surface area (Å²) >= 11 is 0. The van der Waals surface area contributed by atoms with Gasteiger partial charge in [0, 0.05) is 0 Å².